The van der Waals surface area contributed by atoms with Crippen molar-refractivity contribution in [3.8, 4) is 0 Å². The van der Waals surface area contributed by atoms with Crippen LogP contribution < -0.4 is 22.0 Å². The molecular formula is C16H15N5O4. The van der Waals surface area contributed by atoms with Crippen LogP contribution in [0.2, 0.25) is 0 Å². The van der Waals surface area contributed by atoms with E-state index < -0.39 is 23.1 Å². The Morgan fingerprint density at radius 2 is 1.92 bits per heavy atom. The molecule has 0 bridgehead atoms. The van der Waals surface area contributed by atoms with Gasteiger partial charge in [-0.25, -0.2) is 10.2 Å². The maximum absolute atomic E-state index is 12.3. The second-order valence-electron chi connectivity index (χ2n) is 5.52. The maximum Gasteiger partial charge on any atom is 0.326 e. The Bertz CT molecular complexity index is 903. The lowest BCUT2D eigenvalue weighted by atomic mass is 9.88. The molecule has 3 rings (SSSR count). The SMILES string of the molecule is O=C1NC[C@H](c2ccccc2)[C@H]1C(=O)N/N=C\c1cc(=O)[nH]c(=O)[nH]1. The van der Waals surface area contributed by atoms with Crippen molar-refractivity contribution < 1.29 is 9.59 Å². The number of benzene rings is 1. The molecule has 1 aromatic carbocycles. The Balaban J connectivity index is 1.73. The zero-order valence-electron chi connectivity index (χ0n) is 13.0. The molecule has 0 saturated carbocycles. The number of hydrazone groups is 1. The highest BCUT2D eigenvalue weighted by Crippen LogP contribution is 2.28. The third-order valence-electron chi connectivity index (χ3n) is 3.85. The molecule has 2 atom stereocenters. The number of carbonyl (C=O) groups excluding carboxylic acids is 2. The number of hydrogen-bond acceptors (Lipinski definition) is 5. The van der Waals surface area contributed by atoms with E-state index in [9.17, 15) is 19.2 Å². The van der Waals surface area contributed by atoms with E-state index in [2.05, 4.69) is 20.8 Å². The molecule has 9 nitrogen and oxygen atoms in total. The second kappa shape index (κ2) is 6.95. The van der Waals surface area contributed by atoms with E-state index in [1.165, 1.54) is 0 Å². The lowest BCUT2D eigenvalue weighted by Crippen LogP contribution is -2.34. The summed E-state index contributed by atoms with van der Waals surface area (Å²) in [7, 11) is 0. The van der Waals surface area contributed by atoms with Crippen LogP contribution in [0.1, 0.15) is 17.2 Å². The van der Waals surface area contributed by atoms with Crippen molar-refractivity contribution in [1.29, 1.82) is 0 Å². The van der Waals surface area contributed by atoms with E-state index >= 15 is 0 Å². The van der Waals surface area contributed by atoms with Crippen molar-refractivity contribution >= 4 is 18.0 Å². The molecule has 1 aromatic heterocycles. The molecule has 25 heavy (non-hydrogen) atoms. The summed E-state index contributed by atoms with van der Waals surface area (Å²) in [4.78, 5) is 51.0. The first-order valence-corrected chi connectivity index (χ1v) is 7.54. The third-order valence-corrected chi connectivity index (χ3v) is 3.85. The largest absolute Gasteiger partial charge is 0.355 e. The summed E-state index contributed by atoms with van der Waals surface area (Å²) in [6, 6.07) is 10.4. The number of carbonyl (C=O) groups is 2. The first kappa shape index (κ1) is 16.4. The van der Waals surface area contributed by atoms with E-state index in [-0.39, 0.29) is 17.5 Å². The fraction of sp³-hybridized carbons (Fsp3) is 0.188. The van der Waals surface area contributed by atoms with Gasteiger partial charge >= 0.3 is 5.69 Å². The molecule has 0 radical (unpaired) electrons. The molecule has 128 valence electrons. The number of hydrogen-bond donors (Lipinski definition) is 4. The smallest absolute Gasteiger partial charge is 0.326 e. The first-order chi connectivity index (χ1) is 12.0. The van der Waals surface area contributed by atoms with E-state index in [1.54, 1.807) is 0 Å². The summed E-state index contributed by atoms with van der Waals surface area (Å²) in [5.74, 6) is -2.13. The van der Waals surface area contributed by atoms with Crippen LogP contribution in [0.25, 0.3) is 0 Å². The van der Waals surface area contributed by atoms with E-state index in [4.69, 9.17) is 0 Å². The van der Waals surface area contributed by atoms with Crippen molar-refractivity contribution in [3.05, 3.63) is 68.5 Å². The fourth-order valence-corrected chi connectivity index (χ4v) is 2.73. The molecule has 0 unspecified atom stereocenters. The van der Waals surface area contributed by atoms with Gasteiger partial charge in [-0.2, -0.15) is 5.10 Å². The number of amides is 2. The van der Waals surface area contributed by atoms with Gasteiger partial charge in [0.2, 0.25) is 5.91 Å². The van der Waals surface area contributed by atoms with Crippen LogP contribution in [0.4, 0.5) is 0 Å². The Morgan fingerprint density at radius 1 is 1.16 bits per heavy atom. The Morgan fingerprint density at radius 3 is 2.64 bits per heavy atom. The van der Waals surface area contributed by atoms with Crippen molar-refractivity contribution in [3.63, 3.8) is 0 Å². The normalized spacial score (nSPS) is 19.8. The molecule has 0 spiro atoms. The van der Waals surface area contributed by atoms with Crippen molar-refractivity contribution in [2.24, 2.45) is 11.0 Å². The zero-order chi connectivity index (χ0) is 17.8. The van der Waals surface area contributed by atoms with Gasteiger partial charge in [0, 0.05) is 18.5 Å². The maximum atomic E-state index is 12.3. The minimum Gasteiger partial charge on any atom is -0.355 e. The van der Waals surface area contributed by atoms with Gasteiger partial charge in [0.1, 0.15) is 5.92 Å². The summed E-state index contributed by atoms with van der Waals surface area (Å²) in [6.45, 7) is 0.367. The topological polar surface area (TPSA) is 136 Å². The highest BCUT2D eigenvalue weighted by molar-refractivity contribution is 6.03. The third kappa shape index (κ3) is 3.71. The Kier molecular flexibility index (Phi) is 4.55. The molecule has 2 amide bonds. The molecule has 0 aliphatic carbocycles. The highest BCUT2D eigenvalue weighted by atomic mass is 16.2. The Hall–Kier alpha value is -3.49. The number of aromatic amines is 2. The predicted octanol–water partition coefficient (Wildman–Crippen LogP) is -0.957. The van der Waals surface area contributed by atoms with Gasteiger partial charge in [0.15, 0.2) is 0 Å². The molecule has 1 saturated heterocycles. The average molecular weight is 341 g/mol. The van der Waals surface area contributed by atoms with Crippen LogP contribution in [-0.2, 0) is 9.59 Å². The van der Waals surface area contributed by atoms with E-state index in [1.807, 2.05) is 35.3 Å². The van der Waals surface area contributed by atoms with Crippen molar-refractivity contribution in [2.75, 3.05) is 6.54 Å². The van der Waals surface area contributed by atoms with Crippen LogP contribution in [0.3, 0.4) is 0 Å². The zero-order valence-corrected chi connectivity index (χ0v) is 13.0. The highest BCUT2D eigenvalue weighted by Gasteiger charge is 2.40. The van der Waals surface area contributed by atoms with Gasteiger partial charge in [0.05, 0.1) is 11.9 Å². The number of H-pyrrole nitrogens is 2. The minimum absolute atomic E-state index is 0.129. The summed E-state index contributed by atoms with van der Waals surface area (Å²) in [6.07, 6.45) is 1.12. The fourth-order valence-electron chi connectivity index (χ4n) is 2.73. The second-order valence-corrected chi connectivity index (χ2v) is 5.52. The summed E-state index contributed by atoms with van der Waals surface area (Å²) in [5, 5.41) is 6.38. The summed E-state index contributed by atoms with van der Waals surface area (Å²) >= 11 is 0. The minimum atomic E-state index is -0.905. The van der Waals surface area contributed by atoms with Crippen LogP contribution in [-0.4, -0.2) is 34.5 Å². The molecule has 2 aromatic rings. The molecule has 9 heteroatoms. The van der Waals surface area contributed by atoms with Crippen LogP contribution >= 0.6 is 0 Å². The number of nitrogens with zero attached hydrogens (tertiary/aromatic N) is 1. The van der Waals surface area contributed by atoms with Gasteiger partial charge in [0.25, 0.3) is 11.5 Å². The van der Waals surface area contributed by atoms with Crippen LogP contribution in [0.5, 0.6) is 0 Å². The summed E-state index contributed by atoms with van der Waals surface area (Å²) in [5.41, 5.74) is 2.02. The van der Waals surface area contributed by atoms with Gasteiger partial charge in [-0.1, -0.05) is 30.3 Å². The molecule has 2 heterocycles. The monoisotopic (exact) mass is 341 g/mol. The van der Waals surface area contributed by atoms with Crippen LogP contribution in [0, 0.1) is 5.92 Å². The number of aromatic nitrogens is 2. The van der Waals surface area contributed by atoms with Crippen molar-refractivity contribution in [1.82, 2.24) is 20.7 Å². The van der Waals surface area contributed by atoms with Crippen LogP contribution in [0.15, 0.2) is 51.1 Å². The van der Waals surface area contributed by atoms with Gasteiger partial charge in [-0.3, -0.25) is 19.4 Å². The molecule has 1 fully saturated rings. The standard InChI is InChI=1S/C16H15N5O4/c22-12-6-10(19-16(25)20-12)7-18-21-15(24)13-11(8-17-14(13)23)9-4-2-1-3-5-9/h1-7,11,13H,8H2,(H,17,23)(H,21,24)(H2,19,20,22,25)/b18-7-/t11-,13-/m1/s1. The van der Waals surface area contributed by atoms with Gasteiger partial charge in [-0.15, -0.1) is 0 Å². The van der Waals surface area contributed by atoms with E-state index in [0.717, 1.165) is 17.8 Å². The first-order valence-electron chi connectivity index (χ1n) is 7.54. The molecule has 4 N–H and O–H groups in total. The van der Waals surface area contributed by atoms with Crippen molar-refractivity contribution in [2.45, 2.75) is 5.92 Å². The summed E-state index contributed by atoms with van der Waals surface area (Å²) < 4.78 is 0. The van der Waals surface area contributed by atoms with E-state index in [0.29, 0.717) is 6.54 Å². The molecule has 1 aliphatic heterocycles. The number of nitrogens with one attached hydrogen (secondary N) is 4. The predicted molar refractivity (Wildman–Crippen MR) is 89.1 cm³/mol. The average Bonchev–Trinajstić information content (AvgIpc) is 2.96. The molecular weight excluding hydrogens is 326 g/mol. The quantitative estimate of drug-likeness (QED) is 0.323. The lowest BCUT2D eigenvalue weighted by molar-refractivity contribution is -0.133. The van der Waals surface area contributed by atoms with Gasteiger partial charge < -0.3 is 10.3 Å². The Labute approximate surface area is 141 Å². The lowest BCUT2D eigenvalue weighted by Gasteiger charge is -2.15. The number of rotatable bonds is 4. The van der Waals surface area contributed by atoms with Gasteiger partial charge in [-0.05, 0) is 5.56 Å². The molecule has 1 aliphatic rings.